The Labute approximate surface area is 471 Å². The summed E-state index contributed by atoms with van der Waals surface area (Å²) in [7, 11) is 1.00. The number of aryl methyl sites for hydroxylation is 1. The summed E-state index contributed by atoms with van der Waals surface area (Å²) in [5.74, 6) is 0.801. The van der Waals surface area contributed by atoms with Crippen molar-refractivity contribution in [1.29, 1.82) is 15.8 Å². The molecule has 4 aliphatic heterocycles. The van der Waals surface area contributed by atoms with E-state index in [0.29, 0.717) is 87.0 Å². The number of nitriles is 2. The molecular weight excluding hydrogens is 1020 g/mol. The van der Waals surface area contributed by atoms with Crippen LogP contribution in [0.4, 0.5) is 8.78 Å². The Morgan fingerprint density at radius 1 is 0.720 bits per heavy atom. The molecule has 3 radical (unpaired) electrons. The number of aromatic nitrogens is 4. The Balaban J connectivity index is 0.000000392. The van der Waals surface area contributed by atoms with Crippen LogP contribution in [0.2, 0.25) is 0 Å². The molecule has 0 bridgehead atoms. The Morgan fingerprint density at radius 2 is 1.19 bits per heavy atom. The number of halogens is 4. The maximum atomic E-state index is 13.9. The molecule has 4 aromatic carbocycles. The van der Waals surface area contributed by atoms with E-state index in [-0.39, 0.29) is 104 Å². The minimum atomic E-state index is -0.412. The standard InChI is InChI=1S/C26H25FN4O2.C13H15FN2O2.C12H9N3O.CN.CH4O.B.2ClH.Na/c27-21-6-8-25-23(13-21)24(10-12-33-25)31-11-9-20(26(31)32)5-7-22-15-29-17-30(22)16-19-3-1-18(14-28)2-4-19;14-8-1-2-12-9(7-8)11(4-6-18-12)16-5-3-10(15)13(16)17;13-5-10-1-3-11(4-2-10)7-15-9-14-6-12(15)8-16;2*1-2;;;;/h1-4,6,8,13,15,17,20,24H,5,7,9-12,16H2;1-2,7,10-11H,3-6,15H2;1-4,6,8-9H,7H2;;2H,1H3;;2*1H;/q;;;-1;;;;;+1/t20-,24+;10-,11+;;;;;;;/m00......./s1. The zero-order valence-corrected chi connectivity index (χ0v) is 45.1. The first-order chi connectivity index (χ1) is 34.6. The van der Waals surface area contributed by atoms with Gasteiger partial charge in [-0.05, 0) is 97.5 Å². The number of carbonyl (C=O) groups excluding carboxylic acids is 3. The van der Waals surface area contributed by atoms with E-state index < -0.39 is 6.04 Å². The van der Waals surface area contributed by atoms with Crippen LogP contribution in [0.3, 0.4) is 0 Å². The first-order valence-corrected chi connectivity index (χ1v) is 22.9. The Kier molecular flexibility index (Phi) is 27.5. The van der Waals surface area contributed by atoms with Crippen molar-refractivity contribution in [1.82, 2.24) is 28.9 Å². The number of benzene rings is 4. The van der Waals surface area contributed by atoms with Crippen molar-refractivity contribution in [2.24, 2.45) is 11.7 Å². The second-order valence-corrected chi connectivity index (χ2v) is 16.8. The van der Waals surface area contributed by atoms with Crippen molar-refractivity contribution in [3.05, 3.63) is 173 Å². The van der Waals surface area contributed by atoms with Gasteiger partial charge >= 0.3 is 29.6 Å². The molecular formula is C53H55BCl2F2N10NaO6. The zero-order valence-electron chi connectivity index (χ0n) is 41.5. The number of aliphatic hydroxyl groups is 1. The fourth-order valence-corrected chi connectivity index (χ4v) is 9.06. The molecule has 6 heterocycles. The van der Waals surface area contributed by atoms with E-state index in [9.17, 15) is 23.2 Å². The van der Waals surface area contributed by atoms with Crippen molar-refractivity contribution in [2.75, 3.05) is 33.4 Å². The molecule has 75 heavy (non-hydrogen) atoms. The molecule has 0 spiro atoms. The fourth-order valence-electron chi connectivity index (χ4n) is 9.06. The van der Waals surface area contributed by atoms with Gasteiger partial charge < -0.3 is 51.1 Å². The quantitative estimate of drug-likeness (QED) is 0.112. The molecule has 2 aromatic heterocycles. The smallest absolute Gasteiger partial charge is 0.512 e. The molecule has 2 fully saturated rings. The van der Waals surface area contributed by atoms with Crippen LogP contribution in [0, 0.1) is 52.0 Å². The largest absolute Gasteiger partial charge is 1.00 e. The average Bonchev–Trinajstić information content (AvgIpc) is 4.22. The van der Waals surface area contributed by atoms with Crippen LogP contribution in [-0.2, 0) is 29.1 Å². The number of aliphatic hydroxyl groups excluding tert-OH is 1. The molecule has 2 saturated heterocycles. The minimum Gasteiger partial charge on any atom is -0.512 e. The average molecular weight is 1070 g/mol. The Morgan fingerprint density at radius 3 is 1.67 bits per heavy atom. The van der Waals surface area contributed by atoms with Gasteiger partial charge in [0.2, 0.25) is 11.8 Å². The van der Waals surface area contributed by atoms with Gasteiger partial charge in [0.25, 0.3) is 0 Å². The van der Waals surface area contributed by atoms with E-state index in [1.165, 1.54) is 30.5 Å². The van der Waals surface area contributed by atoms with Gasteiger partial charge in [0.1, 0.15) is 28.8 Å². The Hall–Kier alpha value is -6.60. The van der Waals surface area contributed by atoms with Gasteiger partial charge in [-0.15, -0.1) is 24.8 Å². The minimum absolute atomic E-state index is 0. The van der Waals surface area contributed by atoms with E-state index in [1.54, 1.807) is 40.1 Å². The predicted molar refractivity (Wildman–Crippen MR) is 275 cm³/mol. The van der Waals surface area contributed by atoms with Crippen molar-refractivity contribution in [3.63, 3.8) is 0 Å². The Bertz CT molecular complexity index is 2880. The van der Waals surface area contributed by atoms with Crippen LogP contribution in [-0.4, -0.2) is 100.0 Å². The summed E-state index contributed by atoms with van der Waals surface area (Å²) in [5, 5.41) is 30.9. The van der Waals surface area contributed by atoms with E-state index in [4.69, 9.17) is 42.7 Å². The van der Waals surface area contributed by atoms with Crippen LogP contribution < -0.4 is 44.8 Å². The molecule has 0 aliphatic carbocycles. The molecule has 16 nitrogen and oxygen atoms in total. The summed E-state index contributed by atoms with van der Waals surface area (Å²) in [5.41, 5.74) is 12.3. The maximum absolute atomic E-state index is 13.9. The van der Waals surface area contributed by atoms with Crippen molar-refractivity contribution < 1.29 is 67.3 Å². The molecule has 0 saturated carbocycles. The second kappa shape index (κ2) is 32.0. The van der Waals surface area contributed by atoms with Crippen molar-refractivity contribution in [3.8, 4) is 23.6 Å². The third kappa shape index (κ3) is 16.4. The van der Waals surface area contributed by atoms with E-state index in [0.717, 1.165) is 60.6 Å². The van der Waals surface area contributed by atoms with Crippen LogP contribution in [0.1, 0.15) is 93.8 Å². The summed E-state index contributed by atoms with van der Waals surface area (Å²) in [6.45, 7) is 8.42. The third-order valence-corrected chi connectivity index (χ3v) is 12.6. The number of aldehydes is 1. The normalized spacial score (nSPS) is 17.3. The first kappa shape index (κ1) is 64.5. The number of hydrogen-bond acceptors (Lipinski definition) is 12. The number of fused-ring (bicyclic) bond motifs is 2. The van der Waals surface area contributed by atoms with Gasteiger partial charge in [-0.25, -0.2) is 18.7 Å². The number of nitrogens with two attached hydrogens (primary N) is 1. The first-order valence-electron chi connectivity index (χ1n) is 22.9. The molecule has 4 atom stereocenters. The fraction of sp³-hybridized carbons (Fsp3) is 0.321. The number of carbonyl (C=O) groups is 3. The number of rotatable bonds is 10. The molecule has 22 heteroatoms. The molecule has 3 N–H and O–H groups in total. The van der Waals surface area contributed by atoms with Crippen LogP contribution in [0.5, 0.6) is 11.5 Å². The number of amides is 2. The number of ether oxygens (including phenoxy) is 2. The van der Waals surface area contributed by atoms with Gasteiger partial charge in [0, 0.05) is 83.5 Å². The number of likely N-dealkylation sites (tertiary alicyclic amines) is 2. The van der Waals surface area contributed by atoms with Crippen LogP contribution in [0.25, 0.3) is 0 Å². The molecule has 0 unspecified atom stereocenters. The van der Waals surface area contributed by atoms with Crippen molar-refractivity contribution in [2.45, 2.75) is 69.7 Å². The maximum Gasteiger partial charge on any atom is 1.00 e. The summed E-state index contributed by atoms with van der Waals surface area (Å²) in [6, 6.07) is 27.4. The molecule has 385 valence electrons. The summed E-state index contributed by atoms with van der Waals surface area (Å²) < 4.78 is 42.2. The zero-order chi connectivity index (χ0) is 50.9. The third-order valence-electron chi connectivity index (χ3n) is 12.6. The van der Waals surface area contributed by atoms with Crippen LogP contribution >= 0.6 is 24.8 Å². The van der Waals surface area contributed by atoms with Gasteiger partial charge in [0.05, 0.1) is 73.5 Å². The van der Waals surface area contributed by atoms with Crippen LogP contribution in [0.15, 0.2) is 110 Å². The summed E-state index contributed by atoms with van der Waals surface area (Å²) >= 11 is 0. The summed E-state index contributed by atoms with van der Waals surface area (Å²) in [6.07, 6.45) is 12.0. The summed E-state index contributed by atoms with van der Waals surface area (Å²) in [4.78, 5) is 47.8. The van der Waals surface area contributed by atoms with Crippen molar-refractivity contribution >= 4 is 51.3 Å². The van der Waals surface area contributed by atoms with E-state index in [2.05, 4.69) is 26.7 Å². The molecule has 2 amide bonds. The number of imidazole rings is 2. The monoisotopic (exact) mass is 1070 g/mol. The SMILES string of the molecule is CO.Cl.Cl.N#Cc1ccc(Cn2cncc2C=O)cc1.N#Cc1ccc(Cn2cncc2CC[C@H]2CCN([C@@H]3CCOc4ccc(F)cc43)C2=O)cc1.N[C@H]1CCN([C@@H]2CCOc3ccc(F)cc32)C1=O.[B].[C-]#N.[Na+]. The predicted octanol–water partition coefficient (Wildman–Crippen LogP) is 4.24. The molecule has 10 rings (SSSR count). The molecule has 6 aromatic rings. The van der Waals surface area contributed by atoms with Gasteiger partial charge in [-0.3, -0.25) is 14.4 Å². The number of hydrogen-bond donors (Lipinski definition) is 2. The van der Waals surface area contributed by atoms with Gasteiger partial charge in [-0.2, -0.15) is 10.5 Å². The number of nitrogens with zero attached hydrogens (tertiary/aromatic N) is 9. The van der Waals surface area contributed by atoms with Gasteiger partial charge in [-0.1, -0.05) is 24.3 Å². The molecule has 4 aliphatic rings. The van der Waals surface area contributed by atoms with E-state index >= 15 is 0 Å². The van der Waals surface area contributed by atoms with E-state index in [1.807, 2.05) is 53.8 Å². The van der Waals surface area contributed by atoms with Gasteiger partial charge in [0.15, 0.2) is 6.29 Å². The topological polar surface area (TPSA) is 229 Å². The second-order valence-electron chi connectivity index (χ2n) is 16.8.